The SMILES string of the molecule is COc1ccc(CCC(=O)N2CC3CC2CS3(=O)=O)cc1. The maximum Gasteiger partial charge on any atom is 0.223 e. The molecule has 0 saturated carbocycles. The number of fused-ring (bicyclic) bond motifs is 2. The zero-order valence-corrected chi connectivity index (χ0v) is 12.8. The van der Waals surface area contributed by atoms with Gasteiger partial charge in [0.05, 0.1) is 18.1 Å². The van der Waals surface area contributed by atoms with Gasteiger partial charge in [-0.2, -0.15) is 0 Å². The lowest BCUT2D eigenvalue weighted by Gasteiger charge is -2.26. The summed E-state index contributed by atoms with van der Waals surface area (Å²) in [6.45, 7) is 0.383. The highest BCUT2D eigenvalue weighted by Gasteiger charge is 2.49. The number of carbonyl (C=O) groups is 1. The van der Waals surface area contributed by atoms with Crippen molar-refractivity contribution in [1.82, 2.24) is 4.90 Å². The molecule has 0 spiro atoms. The third-order valence-electron chi connectivity index (χ3n) is 4.42. The summed E-state index contributed by atoms with van der Waals surface area (Å²) in [5, 5.41) is -0.326. The fraction of sp³-hybridized carbons (Fsp3) is 0.533. The van der Waals surface area contributed by atoms with Gasteiger partial charge in [0.2, 0.25) is 5.91 Å². The van der Waals surface area contributed by atoms with Crippen LogP contribution in [-0.4, -0.2) is 49.9 Å². The number of carbonyl (C=O) groups excluding carboxylic acids is 1. The van der Waals surface area contributed by atoms with E-state index >= 15 is 0 Å². The second-order valence-corrected chi connectivity index (χ2v) is 8.06. The van der Waals surface area contributed by atoms with Crippen molar-refractivity contribution in [3.8, 4) is 5.75 Å². The maximum absolute atomic E-state index is 12.2. The van der Waals surface area contributed by atoms with Crippen molar-refractivity contribution >= 4 is 15.7 Å². The third kappa shape index (κ3) is 2.77. The Morgan fingerprint density at radius 2 is 2.05 bits per heavy atom. The fourth-order valence-electron chi connectivity index (χ4n) is 3.19. The van der Waals surface area contributed by atoms with Gasteiger partial charge in [0.15, 0.2) is 9.84 Å². The number of hydrogen-bond acceptors (Lipinski definition) is 4. The molecule has 2 fully saturated rings. The van der Waals surface area contributed by atoms with Crippen molar-refractivity contribution in [1.29, 1.82) is 0 Å². The minimum Gasteiger partial charge on any atom is -0.497 e. The lowest BCUT2D eigenvalue weighted by atomic mass is 10.1. The molecule has 2 heterocycles. The number of nitrogens with zero attached hydrogens (tertiary/aromatic N) is 1. The second kappa shape index (κ2) is 5.33. The number of rotatable bonds is 4. The van der Waals surface area contributed by atoms with Gasteiger partial charge < -0.3 is 9.64 Å². The quantitative estimate of drug-likeness (QED) is 0.833. The van der Waals surface area contributed by atoms with Crippen LogP contribution in [0.1, 0.15) is 18.4 Å². The number of hydrogen-bond donors (Lipinski definition) is 0. The summed E-state index contributed by atoms with van der Waals surface area (Å²) < 4.78 is 28.5. The van der Waals surface area contributed by atoms with Crippen molar-refractivity contribution in [3.63, 3.8) is 0 Å². The Hall–Kier alpha value is -1.56. The lowest BCUT2D eigenvalue weighted by Crippen LogP contribution is -2.44. The molecule has 114 valence electrons. The van der Waals surface area contributed by atoms with Gasteiger partial charge in [0.25, 0.3) is 0 Å². The molecule has 2 unspecified atom stereocenters. The Kier molecular flexibility index (Phi) is 3.65. The number of aryl methyl sites for hydroxylation is 1. The Bertz CT molecular complexity index is 638. The van der Waals surface area contributed by atoms with Gasteiger partial charge in [0.1, 0.15) is 5.75 Å². The van der Waals surface area contributed by atoms with E-state index in [1.54, 1.807) is 12.0 Å². The molecule has 6 heteroatoms. The van der Waals surface area contributed by atoms with Crippen molar-refractivity contribution in [2.24, 2.45) is 0 Å². The van der Waals surface area contributed by atoms with Crippen LogP contribution >= 0.6 is 0 Å². The fourth-order valence-corrected chi connectivity index (χ4v) is 5.22. The number of benzene rings is 1. The monoisotopic (exact) mass is 309 g/mol. The zero-order chi connectivity index (χ0) is 15.0. The van der Waals surface area contributed by atoms with E-state index < -0.39 is 9.84 Å². The molecule has 5 nitrogen and oxygen atoms in total. The van der Waals surface area contributed by atoms with Gasteiger partial charge in [-0.25, -0.2) is 8.42 Å². The van der Waals surface area contributed by atoms with E-state index in [1.165, 1.54) is 0 Å². The van der Waals surface area contributed by atoms with E-state index in [4.69, 9.17) is 4.74 Å². The van der Waals surface area contributed by atoms with Crippen LogP contribution in [0.3, 0.4) is 0 Å². The summed E-state index contributed by atoms with van der Waals surface area (Å²) in [6, 6.07) is 7.57. The highest BCUT2D eigenvalue weighted by Crippen LogP contribution is 2.33. The van der Waals surface area contributed by atoms with Gasteiger partial charge in [-0.3, -0.25) is 4.79 Å². The van der Waals surface area contributed by atoms with Crippen LogP contribution in [0.4, 0.5) is 0 Å². The van der Waals surface area contributed by atoms with Gasteiger partial charge in [0, 0.05) is 19.0 Å². The third-order valence-corrected chi connectivity index (χ3v) is 6.62. The van der Waals surface area contributed by atoms with Gasteiger partial charge in [-0.15, -0.1) is 0 Å². The van der Waals surface area contributed by atoms with Gasteiger partial charge >= 0.3 is 0 Å². The molecular formula is C15H19NO4S. The van der Waals surface area contributed by atoms with E-state index in [2.05, 4.69) is 0 Å². The zero-order valence-electron chi connectivity index (χ0n) is 12.0. The van der Waals surface area contributed by atoms with Crippen molar-refractivity contribution in [2.75, 3.05) is 19.4 Å². The van der Waals surface area contributed by atoms with Crippen LogP contribution in [-0.2, 0) is 21.1 Å². The normalized spacial score (nSPS) is 26.0. The van der Waals surface area contributed by atoms with E-state index in [9.17, 15) is 13.2 Å². The van der Waals surface area contributed by atoms with E-state index in [0.717, 1.165) is 11.3 Å². The standard InChI is InChI=1S/C15H19NO4S/c1-20-13-5-2-11(3-6-13)4-7-15(17)16-9-14-8-12(16)10-21(14,18)19/h2-3,5-6,12,14H,4,7-10H2,1H3. The molecule has 2 atom stereocenters. The molecule has 0 aromatic heterocycles. The molecular weight excluding hydrogens is 290 g/mol. The molecule has 2 aliphatic rings. The van der Waals surface area contributed by atoms with Gasteiger partial charge in [-0.05, 0) is 30.5 Å². The van der Waals surface area contributed by atoms with Crippen LogP contribution in [0, 0.1) is 0 Å². The molecule has 1 amide bonds. The molecule has 1 aromatic rings. The van der Waals surface area contributed by atoms with Crippen LogP contribution in [0.2, 0.25) is 0 Å². The smallest absolute Gasteiger partial charge is 0.223 e. The Labute approximate surface area is 124 Å². The van der Waals surface area contributed by atoms with Crippen LogP contribution < -0.4 is 4.74 Å². The number of amides is 1. The molecule has 1 aromatic carbocycles. The lowest BCUT2D eigenvalue weighted by molar-refractivity contribution is -0.131. The van der Waals surface area contributed by atoms with Crippen molar-refractivity contribution in [3.05, 3.63) is 29.8 Å². The summed E-state index contributed by atoms with van der Waals surface area (Å²) in [5.41, 5.74) is 1.08. The largest absolute Gasteiger partial charge is 0.497 e. The predicted molar refractivity (Wildman–Crippen MR) is 79.0 cm³/mol. The predicted octanol–water partition coefficient (Wildman–Crippen LogP) is 1.03. The molecule has 3 rings (SSSR count). The number of sulfone groups is 1. The molecule has 0 aliphatic carbocycles. The number of ether oxygens (including phenoxy) is 1. The van der Waals surface area contributed by atoms with Crippen molar-refractivity contribution in [2.45, 2.75) is 30.6 Å². The highest BCUT2D eigenvalue weighted by atomic mass is 32.2. The summed E-state index contributed by atoms with van der Waals surface area (Å²) in [5.74, 6) is 1.01. The summed E-state index contributed by atoms with van der Waals surface area (Å²) >= 11 is 0. The van der Waals surface area contributed by atoms with Crippen molar-refractivity contribution < 1.29 is 17.9 Å². The summed E-state index contributed by atoms with van der Waals surface area (Å²) in [6.07, 6.45) is 1.72. The maximum atomic E-state index is 12.2. The summed E-state index contributed by atoms with van der Waals surface area (Å²) in [4.78, 5) is 14.0. The molecule has 0 N–H and O–H groups in total. The van der Waals surface area contributed by atoms with Crippen LogP contribution in [0.15, 0.2) is 24.3 Å². The molecule has 2 saturated heterocycles. The number of likely N-dealkylation sites (tertiary alicyclic amines) is 1. The first-order valence-corrected chi connectivity index (χ1v) is 8.85. The molecule has 2 aliphatic heterocycles. The first-order chi connectivity index (χ1) is 9.99. The Morgan fingerprint density at radius 1 is 1.33 bits per heavy atom. The number of methoxy groups -OCH3 is 1. The summed E-state index contributed by atoms with van der Waals surface area (Å²) in [7, 11) is -1.32. The van der Waals surface area contributed by atoms with Gasteiger partial charge in [-0.1, -0.05) is 12.1 Å². The highest BCUT2D eigenvalue weighted by molar-refractivity contribution is 7.92. The minimum absolute atomic E-state index is 0.0632. The molecule has 21 heavy (non-hydrogen) atoms. The average molecular weight is 309 g/mol. The van der Waals surface area contributed by atoms with E-state index in [-0.39, 0.29) is 23.0 Å². The molecule has 2 bridgehead atoms. The Balaban J connectivity index is 1.56. The van der Waals surface area contributed by atoms with Crippen LogP contribution in [0.5, 0.6) is 5.75 Å². The van der Waals surface area contributed by atoms with Crippen LogP contribution in [0.25, 0.3) is 0 Å². The first-order valence-electron chi connectivity index (χ1n) is 7.13. The molecule has 0 radical (unpaired) electrons. The average Bonchev–Trinajstić information content (AvgIpc) is 3.01. The second-order valence-electron chi connectivity index (χ2n) is 5.74. The minimum atomic E-state index is -2.94. The van der Waals surface area contributed by atoms with E-state index in [0.29, 0.717) is 25.8 Å². The Morgan fingerprint density at radius 3 is 2.57 bits per heavy atom. The van der Waals surface area contributed by atoms with E-state index in [1.807, 2.05) is 24.3 Å². The first kappa shape index (κ1) is 14.4. The topological polar surface area (TPSA) is 63.7 Å².